The highest BCUT2D eigenvalue weighted by atomic mass is 32.2. The van der Waals surface area contributed by atoms with Crippen molar-refractivity contribution in [3.8, 4) is 0 Å². The van der Waals surface area contributed by atoms with Crippen molar-refractivity contribution in [1.82, 2.24) is 4.72 Å². The number of aliphatic hydroxyl groups is 1. The largest absolute Gasteiger partial charge is 0.392 e. The third kappa shape index (κ3) is 3.81. The summed E-state index contributed by atoms with van der Waals surface area (Å²) in [4.78, 5) is 0.229. The number of hydrogen-bond acceptors (Lipinski definition) is 3. The van der Waals surface area contributed by atoms with Crippen LogP contribution in [0.2, 0.25) is 0 Å². The van der Waals surface area contributed by atoms with Crippen molar-refractivity contribution in [2.75, 3.05) is 6.54 Å². The molecular weight excluding hydrogens is 274 g/mol. The first-order valence-electron chi connectivity index (χ1n) is 7.22. The van der Waals surface area contributed by atoms with Gasteiger partial charge in [-0.2, -0.15) is 0 Å². The lowest BCUT2D eigenvalue weighted by Crippen LogP contribution is -2.33. The lowest BCUT2D eigenvalue weighted by Gasteiger charge is -2.28. The van der Waals surface area contributed by atoms with Crippen molar-refractivity contribution in [3.05, 3.63) is 29.8 Å². The van der Waals surface area contributed by atoms with E-state index in [2.05, 4.69) is 11.6 Å². The minimum Gasteiger partial charge on any atom is -0.392 e. The summed E-state index contributed by atoms with van der Waals surface area (Å²) in [6.07, 6.45) is 4.73. The molecule has 0 bridgehead atoms. The van der Waals surface area contributed by atoms with Gasteiger partial charge in [0, 0.05) is 6.54 Å². The van der Waals surface area contributed by atoms with Gasteiger partial charge in [-0.05, 0) is 36.0 Å². The Morgan fingerprint density at radius 1 is 1.30 bits per heavy atom. The average Bonchev–Trinajstić information content (AvgIpc) is 2.46. The molecule has 0 heterocycles. The molecule has 2 rings (SSSR count). The first kappa shape index (κ1) is 15.5. The molecule has 2 N–H and O–H groups in total. The number of sulfonamides is 1. The van der Waals surface area contributed by atoms with Gasteiger partial charge in [-0.15, -0.1) is 0 Å². The fourth-order valence-corrected chi connectivity index (χ4v) is 3.97. The summed E-state index contributed by atoms with van der Waals surface area (Å²) in [5.74, 6) is 1.01. The maximum absolute atomic E-state index is 12.3. The highest BCUT2D eigenvalue weighted by Gasteiger charge is 2.23. The van der Waals surface area contributed by atoms with E-state index >= 15 is 0 Å². The Hall–Kier alpha value is -0.910. The Balaban J connectivity index is 2.03. The molecule has 112 valence electrons. The summed E-state index contributed by atoms with van der Waals surface area (Å²) in [7, 11) is -3.48. The van der Waals surface area contributed by atoms with Gasteiger partial charge >= 0.3 is 0 Å². The maximum Gasteiger partial charge on any atom is 0.240 e. The van der Waals surface area contributed by atoms with Crippen LogP contribution < -0.4 is 4.72 Å². The Morgan fingerprint density at radius 3 is 2.75 bits per heavy atom. The van der Waals surface area contributed by atoms with Crippen molar-refractivity contribution >= 4 is 10.0 Å². The van der Waals surface area contributed by atoms with E-state index in [4.69, 9.17) is 5.11 Å². The van der Waals surface area contributed by atoms with Crippen LogP contribution in [0.5, 0.6) is 0 Å². The highest BCUT2D eigenvalue weighted by Crippen LogP contribution is 2.29. The predicted octanol–water partition coefficient (Wildman–Crippen LogP) is 2.28. The molecule has 1 aromatic rings. The number of benzene rings is 1. The second kappa shape index (κ2) is 6.70. The summed E-state index contributed by atoms with van der Waals surface area (Å²) in [5.41, 5.74) is 0.610. The molecule has 0 spiro atoms. The third-order valence-electron chi connectivity index (χ3n) is 4.22. The Kier molecular flexibility index (Phi) is 5.18. The molecule has 0 aromatic heterocycles. The molecule has 2 atom stereocenters. The van der Waals surface area contributed by atoms with Gasteiger partial charge in [0.2, 0.25) is 10.0 Å². The first-order chi connectivity index (χ1) is 9.53. The molecule has 1 saturated carbocycles. The zero-order chi connectivity index (χ0) is 14.6. The summed E-state index contributed by atoms with van der Waals surface area (Å²) in [6.45, 7) is 2.56. The molecule has 2 unspecified atom stereocenters. The van der Waals surface area contributed by atoms with E-state index in [1.54, 1.807) is 18.2 Å². The normalized spacial score (nSPS) is 23.7. The van der Waals surface area contributed by atoms with E-state index in [9.17, 15) is 8.42 Å². The number of rotatable bonds is 5. The quantitative estimate of drug-likeness (QED) is 0.876. The molecular formula is C15H23NO3S. The van der Waals surface area contributed by atoms with Gasteiger partial charge in [0.25, 0.3) is 0 Å². The monoisotopic (exact) mass is 297 g/mol. The van der Waals surface area contributed by atoms with Gasteiger partial charge in [-0.25, -0.2) is 13.1 Å². The summed E-state index contributed by atoms with van der Waals surface area (Å²) in [6, 6.07) is 6.45. The zero-order valence-electron chi connectivity index (χ0n) is 11.9. The van der Waals surface area contributed by atoms with Crippen molar-refractivity contribution in [2.45, 2.75) is 44.1 Å². The van der Waals surface area contributed by atoms with Crippen molar-refractivity contribution in [2.24, 2.45) is 11.8 Å². The molecule has 5 heteroatoms. The highest BCUT2D eigenvalue weighted by molar-refractivity contribution is 7.89. The van der Waals surface area contributed by atoms with Crippen LogP contribution in [0.25, 0.3) is 0 Å². The van der Waals surface area contributed by atoms with Gasteiger partial charge in [-0.1, -0.05) is 38.3 Å². The molecule has 20 heavy (non-hydrogen) atoms. The second-order valence-electron chi connectivity index (χ2n) is 5.68. The van der Waals surface area contributed by atoms with Gasteiger partial charge in [0.05, 0.1) is 11.5 Å². The third-order valence-corrected chi connectivity index (χ3v) is 5.64. The molecule has 1 fully saturated rings. The molecule has 1 aromatic carbocycles. The van der Waals surface area contributed by atoms with E-state index in [0.29, 0.717) is 23.9 Å². The number of hydrogen-bond donors (Lipinski definition) is 2. The van der Waals surface area contributed by atoms with E-state index in [1.165, 1.54) is 25.3 Å². The van der Waals surface area contributed by atoms with Gasteiger partial charge in [0.1, 0.15) is 0 Å². The predicted molar refractivity (Wildman–Crippen MR) is 78.7 cm³/mol. The van der Waals surface area contributed by atoms with Crippen LogP contribution >= 0.6 is 0 Å². The van der Waals surface area contributed by atoms with E-state index in [1.807, 2.05) is 0 Å². The molecule has 0 aliphatic heterocycles. The van der Waals surface area contributed by atoms with E-state index in [-0.39, 0.29) is 11.5 Å². The molecule has 1 aliphatic carbocycles. The van der Waals surface area contributed by atoms with E-state index in [0.717, 1.165) is 6.42 Å². The Bertz CT molecular complexity index is 542. The second-order valence-corrected chi connectivity index (χ2v) is 7.45. The van der Waals surface area contributed by atoms with Crippen LogP contribution in [0, 0.1) is 11.8 Å². The van der Waals surface area contributed by atoms with Crippen molar-refractivity contribution in [1.29, 1.82) is 0 Å². The first-order valence-corrected chi connectivity index (χ1v) is 8.70. The van der Waals surface area contributed by atoms with Crippen LogP contribution in [0.15, 0.2) is 29.2 Å². The van der Waals surface area contributed by atoms with Crippen LogP contribution in [0.1, 0.15) is 38.2 Å². The molecule has 0 saturated heterocycles. The topological polar surface area (TPSA) is 66.4 Å². The Morgan fingerprint density at radius 2 is 2.05 bits per heavy atom. The van der Waals surface area contributed by atoms with Crippen molar-refractivity contribution < 1.29 is 13.5 Å². The fourth-order valence-electron chi connectivity index (χ4n) is 2.81. The maximum atomic E-state index is 12.3. The van der Waals surface area contributed by atoms with Crippen molar-refractivity contribution in [3.63, 3.8) is 0 Å². The van der Waals surface area contributed by atoms with Gasteiger partial charge in [0.15, 0.2) is 0 Å². The lowest BCUT2D eigenvalue weighted by molar-refractivity contribution is 0.257. The summed E-state index contributed by atoms with van der Waals surface area (Å²) < 4.78 is 27.2. The van der Waals surface area contributed by atoms with Gasteiger partial charge in [-0.3, -0.25) is 0 Å². The van der Waals surface area contributed by atoms with Crippen LogP contribution in [-0.4, -0.2) is 20.1 Å². The van der Waals surface area contributed by atoms with Crippen LogP contribution in [-0.2, 0) is 16.6 Å². The average molecular weight is 297 g/mol. The Labute approximate surface area is 121 Å². The van der Waals surface area contributed by atoms with Crippen LogP contribution in [0.3, 0.4) is 0 Å². The lowest BCUT2D eigenvalue weighted by atomic mass is 9.81. The van der Waals surface area contributed by atoms with Crippen LogP contribution in [0.4, 0.5) is 0 Å². The molecule has 0 amide bonds. The molecule has 4 nitrogen and oxygen atoms in total. The summed E-state index contributed by atoms with van der Waals surface area (Å²) in [5, 5.41) is 9.08. The minimum atomic E-state index is -3.48. The van der Waals surface area contributed by atoms with Gasteiger partial charge < -0.3 is 5.11 Å². The molecule has 1 aliphatic rings. The number of nitrogens with one attached hydrogen (secondary N) is 1. The zero-order valence-corrected chi connectivity index (χ0v) is 12.7. The molecule has 0 radical (unpaired) electrons. The standard InChI is InChI=1S/C15H23NO3S/c1-12-5-2-3-7-14(12)10-16-20(18,19)15-8-4-6-13(9-15)11-17/h4,6,8-9,12,14,16-17H,2-3,5,7,10-11H2,1H3. The van der Waals surface area contributed by atoms with E-state index < -0.39 is 10.0 Å². The fraction of sp³-hybridized carbons (Fsp3) is 0.600. The smallest absolute Gasteiger partial charge is 0.240 e. The number of aliphatic hydroxyl groups excluding tert-OH is 1. The SMILES string of the molecule is CC1CCCCC1CNS(=O)(=O)c1cccc(CO)c1. The minimum absolute atomic E-state index is 0.150. The summed E-state index contributed by atoms with van der Waals surface area (Å²) >= 11 is 0.